The normalized spacial score (nSPS) is 21.9. The zero-order valence-corrected chi connectivity index (χ0v) is 11.1. The lowest BCUT2D eigenvalue weighted by molar-refractivity contribution is 0.560. The van der Waals surface area contributed by atoms with Gasteiger partial charge in [-0.25, -0.2) is 13.1 Å². The summed E-state index contributed by atoms with van der Waals surface area (Å²) in [4.78, 5) is 0.209. The van der Waals surface area contributed by atoms with Crippen molar-refractivity contribution < 1.29 is 8.42 Å². The van der Waals surface area contributed by atoms with E-state index < -0.39 is 10.0 Å². The maximum absolute atomic E-state index is 12.3. The van der Waals surface area contributed by atoms with E-state index in [2.05, 4.69) is 18.8 Å². The van der Waals surface area contributed by atoms with Crippen LogP contribution in [0.25, 0.3) is 0 Å². The van der Waals surface area contributed by atoms with Crippen LogP contribution in [0.15, 0.2) is 31.8 Å². The second kappa shape index (κ2) is 4.54. The van der Waals surface area contributed by atoms with E-state index in [1.54, 1.807) is 18.2 Å². The van der Waals surface area contributed by atoms with E-state index in [1.807, 2.05) is 0 Å². The van der Waals surface area contributed by atoms with Gasteiger partial charge < -0.3 is 5.32 Å². The first-order valence-corrected chi connectivity index (χ1v) is 7.82. The molecule has 0 bridgehead atoms. The number of benzene rings is 1. The Bertz CT molecular complexity index is 644. The molecule has 6 nitrogen and oxygen atoms in total. The molecule has 0 aromatic heterocycles. The van der Waals surface area contributed by atoms with Crippen molar-refractivity contribution in [3.63, 3.8) is 0 Å². The number of sulfonamides is 1. The molecule has 18 heavy (non-hydrogen) atoms. The standard InChI is InChI=1S/C10H12N4O2S2/c15-18(16,14-7-4-5-11-6-7)9-3-1-2-8-10(9)13-17-12-8/h1-3,7,11,14H,4-6H2/t7-/m1/s1. The van der Waals surface area contributed by atoms with E-state index in [0.717, 1.165) is 24.3 Å². The van der Waals surface area contributed by atoms with E-state index in [1.165, 1.54) is 0 Å². The summed E-state index contributed by atoms with van der Waals surface area (Å²) in [6, 6.07) is 4.96. The highest BCUT2D eigenvalue weighted by molar-refractivity contribution is 7.89. The Morgan fingerprint density at radius 2 is 2.28 bits per heavy atom. The zero-order valence-electron chi connectivity index (χ0n) is 9.46. The van der Waals surface area contributed by atoms with Crippen LogP contribution < -0.4 is 10.0 Å². The zero-order chi connectivity index (χ0) is 12.6. The van der Waals surface area contributed by atoms with E-state index in [4.69, 9.17) is 0 Å². The number of hydrogen-bond acceptors (Lipinski definition) is 5. The van der Waals surface area contributed by atoms with Crippen molar-refractivity contribution in [1.82, 2.24) is 10.0 Å². The fraction of sp³-hybridized carbons (Fsp3) is 0.400. The molecule has 2 heterocycles. The third-order valence-electron chi connectivity index (χ3n) is 2.92. The third-order valence-corrected chi connectivity index (χ3v) is 5.02. The van der Waals surface area contributed by atoms with Crippen molar-refractivity contribution in [3.8, 4) is 0 Å². The highest BCUT2D eigenvalue weighted by Crippen LogP contribution is 2.37. The van der Waals surface area contributed by atoms with Crippen LogP contribution in [0, 0.1) is 0 Å². The second-order valence-electron chi connectivity index (χ2n) is 4.20. The molecular formula is C10H12N4O2S2. The summed E-state index contributed by atoms with van der Waals surface area (Å²) >= 11 is 1.02. The number of nitrogens with one attached hydrogen (secondary N) is 2. The van der Waals surface area contributed by atoms with E-state index in [-0.39, 0.29) is 10.9 Å². The first kappa shape index (κ1) is 12.0. The molecule has 2 aliphatic rings. The minimum absolute atomic E-state index is 0.0446. The first-order chi connectivity index (χ1) is 8.67. The van der Waals surface area contributed by atoms with E-state index in [9.17, 15) is 8.42 Å². The number of nitrogens with zero attached hydrogens (tertiary/aromatic N) is 2. The molecule has 0 radical (unpaired) electrons. The predicted octanol–water partition coefficient (Wildman–Crippen LogP) is 1.05. The van der Waals surface area contributed by atoms with Gasteiger partial charge in [-0.15, -0.1) is 0 Å². The van der Waals surface area contributed by atoms with Gasteiger partial charge in [0, 0.05) is 12.6 Å². The van der Waals surface area contributed by atoms with Crippen LogP contribution in [0.1, 0.15) is 6.42 Å². The second-order valence-corrected chi connectivity index (χ2v) is 6.41. The molecule has 8 heteroatoms. The summed E-state index contributed by atoms with van der Waals surface area (Å²) in [5.41, 5.74) is 1.06. The largest absolute Gasteiger partial charge is 0.315 e. The lowest BCUT2D eigenvalue weighted by atomic mass is 10.3. The fourth-order valence-corrected chi connectivity index (χ4v) is 4.07. The monoisotopic (exact) mass is 284 g/mol. The summed E-state index contributed by atoms with van der Waals surface area (Å²) < 4.78 is 35.4. The van der Waals surface area contributed by atoms with Gasteiger partial charge in [0.15, 0.2) is 0 Å². The number of rotatable bonds is 3. The lowest BCUT2D eigenvalue weighted by Crippen LogP contribution is -2.36. The van der Waals surface area contributed by atoms with Crippen molar-refractivity contribution in [2.75, 3.05) is 13.1 Å². The molecule has 0 unspecified atom stereocenters. The van der Waals surface area contributed by atoms with Crippen LogP contribution in [0.4, 0.5) is 11.4 Å². The maximum Gasteiger partial charge on any atom is 0.243 e. The Labute approximate surface area is 109 Å². The highest BCUT2D eigenvalue weighted by atomic mass is 32.2. The van der Waals surface area contributed by atoms with Gasteiger partial charge in [-0.1, -0.05) is 6.07 Å². The Balaban J connectivity index is 1.94. The molecule has 0 spiro atoms. The molecule has 3 rings (SSSR count). The maximum atomic E-state index is 12.3. The molecule has 0 amide bonds. The molecule has 1 atom stereocenters. The molecule has 1 saturated heterocycles. The SMILES string of the molecule is O=S(=O)(N[C@@H]1CCNC1)c1cccc2c1N=S=N2. The van der Waals surface area contributed by atoms with Gasteiger partial charge in [0.2, 0.25) is 10.0 Å². The Kier molecular flexibility index (Phi) is 3.02. The molecule has 1 fully saturated rings. The van der Waals surface area contributed by atoms with Crippen LogP contribution in [0.2, 0.25) is 0 Å². The van der Waals surface area contributed by atoms with E-state index in [0.29, 0.717) is 17.9 Å². The average Bonchev–Trinajstić information content (AvgIpc) is 2.97. The van der Waals surface area contributed by atoms with Gasteiger partial charge in [0.1, 0.15) is 16.3 Å². The van der Waals surface area contributed by atoms with Crippen molar-refractivity contribution >= 4 is 32.8 Å². The molecule has 1 aromatic rings. The van der Waals surface area contributed by atoms with Crippen LogP contribution in [0.3, 0.4) is 0 Å². The van der Waals surface area contributed by atoms with Gasteiger partial charge in [0.25, 0.3) is 0 Å². The quantitative estimate of drug-likeness (QED) is 0.884. The van der Waals surface area contributed by atoms with E-state index >= 15 is 0 Å². The molecule has 96 valence electrons. The van der Waals surface area contributed by atoms with Crippen molar-refractivity contribution in [2.24, 2.45) is 8.73 Å². The van der Waals surface area contributed by atoms with Gasteiger partial charge in [-0.3, -0.25) is 0 Å². The predicted molar refractivity (Wildman–Crippen MR) is 69.6 cm³/mol. The lowest BCUT2D eigenvalue weighted by Gasteiger charge is -2.13. The summed E-state index contributed by atoms with van der Waals surface area (Å²) in [7, 11) is -3.53. The fourth-order valence-electron chi connectivity index (χ4n) is 2.04. The van der Waals surface area contributed by atoms with Crippen molar-refractivity contribution in [1.29, 1.82) is 0 Å². The molecular weight excluding hydrogens is 272 g/mol. The summed E-state index contributed by atoms with van der Waals surface area (Å²) in [6.07, 6.45) is 0.810. The van der Waals surface area contributed by atoms with Crippen LogP contribution in [-0.4, -0.2) is 27.5 Å². The third kappa shape index (κ3) is 2.12. The van der Waals surface area contributed by atoms with Crippen LogP contribution >= 0.6 is 0 Å². The number of fused-ring (bicyclic) bond motifs is 1. The summed E-state index contributed by atoms with van der Waals surface area (Å²) in [5, 5.41) is 3.13. The van der Waals surface area contributed by atoms with Gasteiger partial charge in [0.05, 0.1) is 11.4 Å². The van der Waals surface area contributed by atoms with Crippen molar-refractivity contribution in [2.45, 2.75) is 17.4 Å². The Hall–Kier alpha value is -1.09. The molecule has 1 aromatic carbocycles. The van der Waals surface area contributed by atoms with Crippen LogP contribution in [0.5, 0.6) is 0 Å². The van der Waals surface area contributed by atoms with Crippen molar-refractivity contribution in [3.05, 3.63) is 18.2 Å². The molecule has 2 N–H and O–H groups in total. The van der Waals surface area contributed by atoms with Gasteiger partial charge >= 0.3 is 0 Å². The summed E-state index contributed by atoms with van der Waals surface area (Å²) in [5.74, 6) is 0. The Morgan fingerprint density at radius 3 is 3.06 bits per heavy atom. The summed E-state index contributed by atoms with van der Waals surface area (Å²) in [6.45, 7) is 1.51. The topological polar surface area (TPSA) is 82.9 Å². The van der Waals surface area contributed by atoms with Gasteiger partial charge in [-0.2, -0.15) is 8.73 Å². The smallest absolute Gasteiger partial charge is 0.243 e. The minimum atomic E-state index is -3.53. The van der Waals surface area contributed by atoms with Gasteiger partial charge in [-0.05, 0) is 25.1 Å². The molecule has 0 aliphatic carbocycles. The first-order valence-electron chi connectivity index (χ1n) is 5.61. The molecule has 2 aliphatic heterocycles. The minimum Gasteiger partial charge on any atom is -0.315 e. The Morgan fingerprint density at radius 1 is 1.39 bits per heavy atom. The highest BCUT2D eigenvalue weighted by Gasteiger charge is 2.26. The average molecular weight is 284 g/mol. The number of hydrogen-bond donors (Lipinski definition) is 2. The van der Waals surface area contributed by atoms with Crippen LogP contribution in [-0.2, 0) is 21.4 Å². The molecule has 0 saturated carbocycles.